The molecule has 0 radical (unpaired) electrons. The van der Waals surface area contributed by atoms with Crippen molar-refractivity contribution < 1.29 is 32.2 Å². The fourth-order valence-corrected chi connectivity index (χ4v) is 4.13. The number of pyridine rings is 1. The van der Waals surface area contributed by atoms with Crippen LogP contribution in [0.15, 0.2) is 47.3 Å². The average molecular weight is 545 g/mol. The van der Waals surface area contributed by atoms with Crippen LogP contribution in [-0.4, -0.2) is 56.6 Å². The number of ether oxygens (including phenoxy) is 1. The number of rotatable bonds is 9. The fourth-order valence-electron chi connectivity index (χ4n) is 4.13. The van der Waals surface area contributed by atoms with Crippen LogP contribution in [0.5, 0.6) is 5.75 Å². The van der Waals surface area contributed by atoms with Crippen LogP contribution in [0.1, 0.15) is 47.4 Å². The summed E-state index contributed by atoms with van der Waals surface area (Å²) in [6.45, 7) is 1.81. The van der Waals surface area contributed by atoms with Crippen molar-refractivity contribution >= 4 is 16.8 Å². The van der Waals surface area contributed by atoms with Crippen LogP contribution in [-0.2, 0) is 18.3 Å². The first kappa shape index (κ1) is 27.9. The van der Waals surface area contributed by atoms with Crippen molar-refractivity contribution in [2.24, 2.45) is 5.73 Å². The minimum atomic E-state index is -4.65. The molecule has 206 valence electrons. The monoisotopic (exact) mass is 544 g/mol. The van der Waals surface area contributed by atoms with Crippen molar-refractivity contribution in [3.05, 3.63) is 65.7 Å². The molecule has 0 aliphatic rings. The highest BCUT2D eigenvalue weighted by atomic mass is 19.4. The van der Waals surface area contributed by atoms with Crippen LogP contribution in [0.2, 0.25) is 0 Å². The molecule has 1 aromatic carbocycles. The largest absolute Gasteiger partial charge is 0.494 e. The second-order valence-corrected chi connectivity index (χ2v) is 8.85. The van der Waals surface area contributed by atoms with E-state index >= 15 is 0 Å². The third kappa shape index (κ3) is 5.54. The average Bonchev–Trinajstić information content (AvgIpc) is 3.38. The highest BCUT2D eigenvalue weighted by molar-refractivity contribution is 5.98. The van der Waals surface area contributed by atoms with E-state index in [4.69, 9.17) is 14.9 Å². The lowest BCUT2D eigenvalue weighted by atomic mass is 9.92. The maximum Gasteiger partial charge on any atom is 0.433 e. The highest BCUT2D eigenvalue weighted by Crippen LogP contribution is 2.37. The van der Waals surface area contributed by atoms with Crippen LogP contribution in [0.3, 0.4) is 0 Å². The molecule has 1 atom stereocenters. The summed E-state index contributed by atoms with van der Waals surface area (Å²) in [6, 6.07) is 5.11. The highest BCUT2D eigenvalue weighted by Gasteiger charge is 2.34. The maximum atomic E-state index is 13.3. The first-order valence-corrected chi connectivity index (χ1v) is 12.0. The molecule has 1 amide bonds. The molecule has 4 aromatic rings. The summed E-state index contributed by atoms with van der Waals surface area (Å²) in [4.78, 5) is 31.0. The Hall–Kier alpha value is -4.10. The molecule has 13 heteroatoms. The number of halogens is 3. The van der Waals surface area contributed by atoms with Gasteiger partial charge in [0.1, 0.15) is 22.6 Å². The number of hydrogen-bond donors (Lipinski definition) is 2. The molecule has 3 N–H and O–H groups in total. The van der Waals surface area contributed by atoms with Gasteiger partial charge in [-0.3, -0.25) is 14.8 Å². The summed E-state index contributed by atoms with van der Waals surface area (Å²) in [5.41, 5.74) is 4.09. The second kappa shape index (κ2) is 10.9. The molecule has 0 bridgehead atoms. The molecule has 4 rings (SSSR count). The minimum Gasteiger partial charge on any atom is -0.494 e. The number of aromatic nitrogens is 4. The van der Waals surface area contributed by atoms with Gasteiger partial charge in [-0.2, -0.15) is 13.2 Å². The molecule has 0 spiro atoms. The van der Waals surface area contributed by atoms with Gasteiger partial charge in [0.2, 0.25) is 5.89 Å². The van der Waals surface area contributed by atoms with Crippen molar-refractivity contribution in [3.63, 3.8) is 0 Å². The minimum absolute atomic E-state index is 0.00830. The summed E-state index contributed by atoms with van der Waals surface area (Å²) < 4.78 is 50.9. The Morgan fingerprint density at radius 2 is 1.92 bits per heavy atom. The summed E-state index contributed by atoms with van der Waals surface area (Å²) >= 11 is 0. The van der Waals surface area contributed by atoms with E-state index in [0.29, 0.717) is 17.7 Å². The number of aliphatic hydroxyl groups is 1. The van der Waals surface area contributed by atoms with E-state index < -0.39 is 23.4 Å². The van der Waals surface area contributed by atoms with Gasteiger partial charge in [0, 0.05) is 36.9 Å². The van der Waals surface area contributed by atoms with Crippen LogP contribution in [0.4, 0.5) is 13.2 Å². The molecule has 3 aromatic heterocycles. The standard InChI is InChI=1S/C26H27F3N6O4/c1-4-25(37,20-14-31-10-11-32-20)9-12-35(2)24(36)22-18(13-30)39-23(34-22)16-5-7-17(38-3)21-15(16)6-8-19(33-21)26(27,28)29/h5-8,10-11,14,37H,4,9,12-13,30H2,1-3H3. The second-order valence-electron chi connectivity index (χ2n) is 8.85. The number of hydrogen-bond acceptors (Lipinski definition) is 9. The van der Waals surface area contributed by atoms with Gasteiger partial charge < -0.3 is 24.9 Å². The normalized spacial score (nSPS) is 13.3. The molecule has 10 nitrogen and oxygen atoms in total. The van der Waals surface area contributed by atoms with Gasteiger partial charge in [0.25, 0.3) is 5.91 Å². The lowest BCUT2D eigenvalue weighted by molar-refractivity contribution is -0.140. The number of oxazole rings is 1. The smallest absolute Gasteiger partial charge is 0.433 e. The van der Waals surface area contributed by atoms with Crippen molar-refractivity contribution in [1.29, 1.82) is 0 Å². The Morgan fingerprint density at radius 1 is 1.15 bits per heavy atom. The first-order chi connectivity index (χ1) is 18.5. The quantitative estimate of drug-likeness (QED) is 0.321. The number of nitrogens with two attached hydrogens (primary N) is 1. The predicted molar refractivity (Wildman–Crippen MR) is 134 cm³/mol. The summed E-state index contributed by atoms with van der Waals surface area (Å²) in [5, 5.41) is 11.4. The molecule has 39 heavy (non-hydrogen) atoms. The number of alkyl halides is 3. The molecule has 0 saturated heterocycles. The summed E-state index contributed by atoms with van der Waals surface area (Å²) in [6.07, 6.45) is 0.355. The van der Waals surface area contributed by atoms with Gasteiger partial charge in [0.15, 0.2) is 11.5 Å². The molecule has 3 heterocycles. The molecule has 0 aliphatic heterocycles. The molecular formula is C26H27F3N6O4. The van der Waals surface area contributed by atoms with Crippen molar-refractivity contribution in [2.75, 3.05) is 20.7 Å². The zero-order valence-electron chi connectivity index (χ0n) is 21.5. The fraction of sp³-hybridized carbons (Fsp3) is 0.346. The van der Waals surface area contributed by atoms with E-state index in [1.165, 1.54) is 42.7 Å². The van der Waals surface area contributed by atoms with E-state index in [2.05, 4.69) is 19.9 Å². The van der Waals surface area contributed by atoms with Gasteiger partial charge in [-0.05, 0) is 37.1 Å². The van der Waals surface area contributed by atoms with Gasteiger partial charge in [0.05, 0.1) is 25.5 Å². The zero-order valence-corrected chi connectivity index (χ0v) is 21.5. The lowest BCUT2D eigenvalue weighted by Gasteiger charge is -2.28. The number of amides is 1. The Kier molecular flexibility index (Phi) is 7.84. The number of fused-ring (bicyclic) bond motifs is 1. The molecular weight excluding hydrogens is 517 g/mol. The van der Waals surface area contributed by atoms with E-state index in [1.807, 2.05) is 0 Å². The van der Waals surface area contributed by atoms with Gasteiger partial charge in [-0.25, -0.2) is 9.97 Å². The van der Waals surface area contributed by atoms with Gasteiger partial charge in [-0.1, -0.05) is 6.92 Å². The number of carbonyl (C=O) groups is 1. The number of benzene rings is 1. The van der Waals surface area contributed by atoms with Crippen molar-refractivity contribution in [1.82, 2.24) is 24.8 Å². The Morgan fingerprint density at radius 3 is 2.54 bits per heavy atom. The van der Waals surface area contributed by atoms with Crippen LogP contribution in [0, 0.1) is 0 Å². The molecule has 0 saturated carbocycles. The van der Waals surface area contributed by atoms with Crippen molar-refractivity contribution in [3.8, 4) is 17.2 Å². The van der Waals surface area contributed by atoms with E-state index in [0.717, 1.165) is 6.07 Å². The Balaban J connectivity index is 1.65. The molecule has 0 aliphatic carbocycles. The maximum absolute atomic E-state index is 13.3. The number of methoxy groups -OCH3 is 1. The van der Waals surface area contributed by atoms with E-state index in [-0.39, 0.29) is 53.5 Å². The first-order valence-electron chi connectivity index (χ1n) is 12.0. The summed E-state index contributed by atoms with van der Waals surface area (Å²) in [7, 11) is 2.87. The third-order valence-electron chi connectivity index (χ3n) is 6.48. The molecule has 1 unspecified atom stereocenters. The van der Waals surface area contributed by atoms with Gasteiger partial charge in [-0.15, -0.1) is 0 Å². The van der Waals surface area contributed by atoms with Crippen LogP contribution >= 0.6 is 0 Å². The van der Waals surface area contributed by atoms with Crippen LogP contribution < -0.4 is 10.5 Å². The number of nitrogens with zero attached hydrogens (tertiary/aromatic N) is 5. The third-order valence-corrected chi connectivity index (χ3v) is 6.48. The predicted octanol–water partition coefficient (Wildman–Crippen LogP) is 3.93. The number of carbonyl (C=O) groups excluding carboxylic acids is 1. The SMILES string of the molecule is CCC(O)(CCN(C)C(=O)c1nc(-c2ccc(OC)c3nc(C(F)(F)F)ccc23)oc1CN)c1cnccn1. The zero-order chi connectivity index (χ0) is 28.4. The van der Waals surface area contributed by atoms with E-state index in [9.17, 15) is 23.1 Å². The van der Waals surface area contributed by atoms with Gasteiger partial charge >= 0.3 is 6.18 Å². The van der Waals surface area contributed by atoms with Crippen molar-refractivity contribution in [2.45, 2.75) is 38.1 Å². The molecule has 0 fully saturated rings. The summed E-state index contributed by atoms with van der Waals surface area (Å²) in [5.74, 6) is -0.275. The Labute approximate surface area is 221 Å². The van der Waals surface area contributed by atoms with Crippen LogP contribution in [0.25, 0.3) is 22.4 Å². The van der Waals surface area contributed by atoms with E-state index in [1.54, 1.807) is 20.0 Å². The topological polar surface area (TPSA) is 140 Å². The Bertz CT molecular complexity index is 1480. The lowest BCUT2D eigenvalue weighted by Crippen LogP contribution is -2.35.